The first kappa shape index (κ1) is 13.5. The number of alkyl halides is 1. The summed E-state index contributed by atoms with van der Waals surface area (Å²) in [6.07, 6.45) is 2.43. The van der Waals surface area contributed by atoms with Crippen LogP contribution in [0, 0.1) is 0 Å². The molecule has 3 nitrogen and oxygen atoms in total. The first-order valence-electron chi connectivity index (χ1n) is 4.71. The lowest BCUT2D eigenvalue weighted by Gasteiger charge is -2.14. The first-order valence-corrected chi connectivity index (χ1v) is 5.24. The molecule has 0 radical (unpaired) electrons. The van der Waals surface area contributed by atoms with Crippen molar-refractivity contribution in [1.82, 2.24) is 0 Å². The molecule has 4 heteroatoms. The van der Waals surface area contributed by atoms with Gasteiger partial charge in [0, 0.05) is 5.88 Å². The number of carbonyl (C=O) groups excluding carboxylic acids is 1. The van der Waals surface area contributed by atoms with Crippen LogP contribution in [0.5, 0.6) is 0 Å². The topological polar surface area (TPSA) is 35.5 Å². The molecule has 0 spiro atoms. The summed E-state index contributed by atoms with van der Waals surface area (Å²) in [5, 5.41) is 0. The van der Waals surface area contributed by atoms with E-state index in [1.165, 1.54) is 0 Å². The quantitative estimate of drug-likeness (QED) is 0.357. The lowest BCUT2D eigenvalue weighted by atomic mass is 10.2. The van der Waals surface area contributed by atoms with Gasteiger partial charge in [0.05, 0.1) is 13.2 Å². The molecule has 1 unspecified atom stereocenters. The number of ether oxygens (including phenoxy) is 2. The van der Waals surface area contributed by atoms with Crippen LogP contribution in [0.25, 0.3) is 0 Å². The van der Waals surface area contributed by atoms with Gasteiger partial charge in [-0.1, -0.05) is 6.08 Å². The molecule has 0 rings (SSSR count). The predicted molar refractivity (Wildman–Crippen MR) is 56.5 cm³/mol. The fourth-order valence-electron chi connectivity index (χ4n) is 0.951. The fourth-order valence-corrected chi connectivity index (χ4v) is 1.11. The molecule has 0 heterocycles. The minimum absolute atomic E-state index is 0.320. The third-order valence-electron chi connectivity index (χ3n) is 1.56. The average Bonchev–Trinajstić information content (AvgIpc) is 2.18. The molecule has 0 aromatic heterocycles. The molecular formula is C10H17ClO3. The molecule has 0 aliphatic heterocycles. The van der Waals surface area contributed by atoms with E-state index >= 15 is 0 Å². The van der Waals surface area contributed by atoms with Crippen LogP contribution >= 0.6 is 11.6 Å². The molecule has 0 saturated carbocycles. The Morgan fingerprint density at radius 3 is 2.86 bits per heavy atom. The Morgan fingerprint density at radius 1 is 1.64 bits per heavy atom. The first-order chi connectivity index (χ1) is 6.76. The Hall–Kier alpha value is -0.540. The Balaban J connectivity index is 3.93. The van der Waals surface area contributed by atoms with E-state index < -0.39 is 6.10 Å². The molecule has 0 aromatic carbocycles. The third-order valence-corrected chi connectivity index (χ3v) is 1.83. The monoisotopic (exact) mass is 220 g/mol. The molecule has 0 saturated heterocycles. The highest BCUT2D eigenvalue weighted by Gasteiger charge is 2.19. The zero-order valence-corrected chi connectivity index (χ0v) is 9.26. The van der Waals surface area contributed by atoms with Crippen LogP contribution in [-0.4, -0.2) is 31.2 Å². The van der Waals surface area contributed by atoms with Crippen LogP contribution in [0.15, 0.2) is 12.7 Å². The van der Waals surface area contributed by atoms with E-state index in [1.807, 2.05) is 0 Å². The molecule has 0 fully saturated rings. The summed E-state index contributed by atoms with van der Waals surface area (Å²) in [5.41, 5.74) is 0. The number of rotatable bonds is 8. The summed E-state index contributed by atoms with van der Waals surface area (Å²) in [7, 11) is 0. The summed E-state index contributed by atoms with van der Waals surface area (Å²) in [4.78, 5) is 11.3. The summed E-state index contributed by atoms with van der Waals surface area (Å²) in [6.45, 7) is 6.00. The van der Waals surface area contributed by atoms with Gasteiger partial charge in [-0.05, 0) is 19.8 Å². The maximum Gasteiger partial charge on any atom is 0.335 e. The van der Waals surface area contributed by atoms with Crippen LogP contribution in [0.2, 0.25) is 0 Å². The SMILES string of the molecule is C=CCOC(CCCCl)C(=O)OCC. The van der Waals surface area contributed by atoms with E-state index in [4.69, 9.17) is 21.1 Å². The number of hydrogen-bond acceptors (Lipinski definition) is 3. The molecule has 0 bridgehead atoms. The predicted octanol–water partition coefficient (Wildman–Crippen LogP) is 2.14. The van der Waals surface area contributed by atoms with Crippen LogP contribution in [0.4, 0.5) is 0 Å². The largest absolute Gasteiger partial charge is 0.464 e. The smallest absolute Gasteiger partial charge is 0.335 e. The molecule has 82 valence electrons. The van der Waals surface area contributed by atoms with E-state index in [0.29, 0.717) is 25.5 Å². The Kier molecular flexibility index (Phi) is 8.68. The highest BCUT2D eigenvalue weighted by Crippen LogP contribution is 2.06. The molecular weight excluding hydrogens is 204 g/mol. The normalized spacial score (nSPS) is 12.1. The maximum atomic E-state index is 11.3. The zero-order valence-electron chi connectivity index (χ0n) is 8.50. The van der Waals surface area contributed by atoms with Gasteiger partial charge >= 0.3 is 5.97 Å². The van der Waals surface area contributed by atoms with Gasteiger partial charge in [-0.25, -0.2) is 4.79 Å². The van der Waals surface area contributed by atoms with Gasteiger partial charge < -0.3 is 9.47 Å². The second kappa shape index (κ2) is 9.03. The molecule has 14 heavy (non-hydrogen) atoms. The van der Waals surface area contributed by atoms with Gasteiger partial charge in [-0.15, -0.1) is 18.2 Å². The second-order valence-electron chi connectivity index (χ2n) is 2.69. The molecule has 0 aliphatic carbocycles. The number of halogens is 1. The van der Waals surface area contributed by atoms with Gasteiger partial charge in [0.25, 0.3) is 0 Å². The van der Waals surface area contributed by atoms with Crippen molar-refractivity contribution in [3.05, 3.63) is 12.7 Å². The minimum atomic E-state index is -0.508. The van der Waals surface area contributed by atoms with Crippen molar-refractivity contribution in [2.24, 2.45) is 0 Å². The maximum absolute atomic E-state index is 11.3. The van der Waals surface area contributed by atoms with Crippen LogP contribution in [-0.2, 0) is 14.3 Å². The molecule has 0 aromatic rings. The number of esters is 1. The minimum Gasteiger partial charge on any atom is -0.464 e. The van der Waals surface area contributed by atoms with E-state index in [9.17, 15) is 4.79 Å². The third kappa shape index (κ3) is 6.00. The van der Waals surface area contributed by atoms with Crippen molar-refractivity contribution in [3.63, 3.8) is 0 Å². The van der Waals surface area contributed by atoms with E-state index in [2.05, 4.69) is 6.58 Å². The van der Waals surface area contributed by atoms with Gasteiger partial charge in [0.1, 0.15) is 0 Å². The van der Waals surface area contributed by atoms with Crippen molar-refractivity contribution in [2.45, 2.75) is 25.9 Å². The van der Waals surface area contributed by atoms with Crippen LogP contribution in [0.1, 0.15) is 19.8 Å². The number of carbonyl (C=O) groups is 1. The van der Waals surface area contributed by atoms with Crippen LogP contribution < -0.4 is 0 Å². The van der Waals surface area contributed by atoms with E-state index in [1.54, 1.807) is 13.0 Å². The summed E-state index contributed by atoms with van der Waals surface area (Å²) < 4.78 is 10.1. The van der Waals surface area contributed by atoms with E-state index in [0.717, 1.165) is 6.42 Å². The van der Waals surface area contributed by atoms with Crippen molar-refractivity contribution in [3.8, 4) is 0 Å². The molecule has 1 atom stereocenters. The van der Waals surface area contributed by atoms with Crippen molar-refractivity contribution >= 4 is 17.6 Å². The van der Waals surface area contributed by atoms with Gasteiger partial charge in [-0.3, -0.25) is 0 Å². The summed E-state index contributed by atoms with van der Waals surface area (Å²) >= 11 is 5.53. The average molecular weight is 221 g/mol. The lowest BCUT2D eigenvalue weighted by molar-refractivity contribution is -0.156. The molecule has 0 aliphatic rings. The van der Waals surface area contributed by atoms with E-state index in [-0.39, 0.29) is 5.97 Å². The van der Waals surface area contributed by atoms with Gasteiger partial charge in [0.2, 0.25) is 0 Å². The second-order valence-corrected chi connectivity index (χ2v) is 3.07. The summed E-state index contributed by atoms with van der Waals surface area (Å²) in [6, 6.07) is 0. The van der Waals surface area contributed by atoms with Gasteiger partial charge in [0.15, 0.2) is 6.10 Å². The lowest BCUT2D eigenvalue weighted by Crippen LogP contribution is -2.27. The standard InChI is InChI=1S/C10H17ClO3/c1-3-8-14-9(6-5-7-11)10(12)13-4-2/h3,9H,1,4-8H2,2H3. The fraction of sp³-hybridized carbons (Fsp3) is 0.700. The highest BCUT2D eigenvalue weighted by atomic mass is 35.5. The Morgan fingerprint density at radius 2 is 2.36 bits per heavy atom. The van der Waals surface area contributed by atoms with Crippen molar-refractivity contribution in [1.29, 1.82) is 0 Å². The number of hydrogen-bond donors (Lipinski definition) is 0. The summed E-state index contributed by atoms with van der Waals surface area (Å²) in [5.74, 6) is 0.201. The molecule has 0 amide bonds. The Bertz CT molecular complexity index is 171. The van der Waals surface area contributed by atoms with Crippen molar-refractivity contribution < 1.29 is 14.3 Å². The van der Waals surface area contributed by atoms with Crippen molar-refractivity contribution in [2.75, 3.05) is 19.1 Å². The van der Waals surface area contributed by atoms with Crippen LogP contribution in [0.3, 0.4) is 0 Å². The zero-order chi connectivity index (χ0) is 10.8. The highest BCUT2D eigenvalue weighted by molar-refractivity contribution is 6.17. The Labute approximate surface area is 90.0 Å². The molecule has 0 N–H and O–H groups in total. The van der Waals surface area contributed by atoms with Gasteiger partial charge in [-0.2, -0.15) is 0 Å².